The van der Waals surface area contributed by atoms with Crippen molar-refractivity contribution in [1.82, 2.24) is 4.31 Å². The number of benzene rings is 3. The highest BCUT2D eigenvalue weighted by atomic mass is 79.9. The smallest absolute Gasteiger partial charge is 0.264 e. The summed E-state index contributed by atoms with van der Waals surface area (Å²) in [7, 11) is -4.70. The fraction of sp³-hybridized carbons (Fsp3) is 0.208. The molecule has 3 aromatic carbocycles. The lowest BCUT2D eigenvalue weighted by molar-refractivity contribution is -0.117. The number of carbonyl (C=O) groups is 1. The fourth-order valence-corrected chi connectivity index (χ4v) is 6.51. The summed E-state index contributed by atoms with van der Waals surface area (Å²) < 4.78 is 55.0. The van der Waals surface area contributed by atoms with Crippen molar-refractivity contribution in [3.63, 3.8) is 0 Å². The third kappa shape index (κ3) is 4.99. The van der Waals surface area contributed by atoms with Gasteiger partial charge in [-0.2, -0.15) is 0 Å². The molecule has 0 unspecified atom stereocenters. The van der Waals surface area contributed by atoms with Gasteiger partial charge < -0.3 is 4.90 Å². The fourth-order valence-electron chi connectivity index (χ4n) is 3.86. The summed E-state index contributed by atoms with van der Waals surface area (Å²) in [6.07, 6.45) is 0.474. The van der Waals surface area contributed by atoms with Crippen LogP contribution in [0.5, 0.6) is 0 Å². The molecule has 1 heterocycles. The van der Waals surface area contributed by atoms with Crippen molar-refractivity contribution in [3.05, 3.63) is 82.8 Å². The van der Waals surface area contributed by atoms with E-state index in [0.717, 1.165) is 18.6 Å². The van der Waals surface area contributed by atoms with Crippen LogP contribution in [0.2, 0.25) is 0 Å². The molecular formula is C24H24BrN3O5S2. The van der Waals surface area contributed by atoms with Gasteiger partial charge in [0.1, 0.15) is 6.54 Å². The van der Waals surface area contributed by atoms with E-state index in [4.69, 9.17) is 0 Å². The molecule has 0 saturated heterocycles. The molecule has 0 bridgehead atoms. The van der Waals surface area contributed by atoms with E-state index in [1.165, 1.54) is 37.2 Å². The van der Waals surface area contributed by atoms with Crippen LogP contribution in [0.4, 0.5) is 11.4 Å². The second-order valence-electron chi connectivity index (χ2n) is 8.17. The van der Waals surface area contributed by atoms with Gasteiger partial charge in [-0.3, -0.25) is 9.10 Å². The topological polar surface area (TPSA) is 95.1 Å². The van der Waals surface area contributed by atoms with Gasteiger partial charge in [0.25, 0.3) is 10.0 Å². The Morgan fingerprint density at radius 3 is 2.17 bits per heavy atom. The van der Waals surface area contributed by atoms with Crippen molar-refractivity contribution in [1.29, 1.82) is 0 Å². The molecule has 0 aromatic heterocycles. The number of sulfonamides is 2. The minimum absolute atomic E-state index is 0.0797. The molecule has 3 aromatic rings. The first-order valence-corrected chi connectivity index (χ1v) is 14.4. The summed E-state index contributed by atoms with van der Waals surface area (Å²) in [6.45, 7) is -0.0742. The normalized spacial score (nSPS) is 13.7. The quantitative estimate of drug-likeness (QED) is 0.428. The summed E-state index contributed by atoms with van der Waals surface area (Å²) in [5, 5.41) is 0. The van der Waals surface area contributed by atoms with Crippen LogP contribution in [0.3, 0.4) is 0 Å². The number of nitrogens with zero attached hydrogens (tertiary/aromatic N) is 3. The Kier molecular flexibility index (Phi) is 7.05. The molecule has 4 rings (SSSR count). The molecule has 8 nitrogen and oxygen atoms in total. The summed E-state index contributed by atoms with van der Waals surface area (Å²) in [4.78, 5) is 15.1. The van der Waals surface area contributed by atoms with Crippen LogP contribution in [0.1, 0.15) is 5.56 Å². The number of amides is 1. The highest BCUT2D eigenvalue weighted by Crippen LogP contribution is 2.32. The Morgan fingerprint density at radius 2 is 1.54 bits per heavy atom. The molecule has 11 heteroatoms. The van der Waals surface area contributed by atoms with Gasteiger partial charge in [0.2, 0.25) is 15.9 Å². The zero-order valence-electron chi connectivity index (χ0n) is 19.1. The number of halogens is 1. The minimum atomic E-state index is -4.02. The highest BCUT2D eigenvalue weighted by Gasteiger charge is 2.32. The second-order valence-corrected chi connectivity index (χ2v) is 13.1. The lowest BCUT2D eigenvalue weighted by Gasteiger charge is -2.27. The highest BCUT2D eigenvalue weighted by molar-refractivity contribution is 9.10. The van der Waals surface area contributed by atoms with E-state index < -0.39 is 32.5 Å². The maximum absolute atomic E-state index is 13.5. The van der Waals surface area contributed by atoms with Crippen LogP contribution in [0.25, 0.3) is 0 Å². The van der Waals surface area contributed by atoms with Gasteiger partial charge in [-0.25, -0.2) is 21.1 Å². The average molecular weight is 579 g/mol. The number of anilines is 2. The SMILES string of the molecule is CN(C)S(=O)(=O)c1ccc2c(c1)CCN2C(=O)CN(c1ccc(Br)cc1)S(=O)(=O)c1ccccc1. The van der Waals surface area contributed by atoms with E-state index >= 15 is 0 Å². The Hall–Kier alpha value is -2.73. The van der Waals surface area contributed by atoms with Gasteiger partial charge in [-0.15, -0.1) is 0 Å². The molecule has 1 aliphatic rings. The lowest BCUT2D eigenvalue weighted by atomic mass is 10.2. The molecule has 0 N–H and O–H groups in total. The monoisotopic (exact) mass is 577 g/mol. The van der Waals surface area contributed by atoms with Crippen molar-refractivity contribution in [3.8, 4) is 0 Å². The van der Waals surface area contributed by atoms with E-state index in [2.05, 4.69) is 15.9 Å². The van der Waals surface area contributed by atoms with E-state index in [0.29, 0.717) is 24.3 Å². The molecule has 184 valence electrons. The summed E-state index contributed by atoms with van der Waals surface area (Å²) in [5.41, 5.74) is 1.67. The second kappa shape index (κ2) is 9.73. The predicted octanol–water partition coefficient (Wildman–Crippen LogP) is 3.48. The van der Waals surface area contributed by atoms with Gasteiger partial charge in [0.15, 0.2) is 0 Å². The van der Waals surface area contributed by atoms with Crippen molar-refractivity contribution >= 4 is 53.3 Å². The van der Waals surface area contributed by atoms with Gasteiger partial charge in [-0.1, -0.05) is 34.1 Å². The third-order valence-corrected chi connectivity index (χ3v) is 9.88. The summed E-state index contributed by atoms with van der Waals surface area (Å²) >= 11 is 3.35. The van der Waals surface area contributed by atoms with Crippen LogP contribution < -0.4 is 9.21 Å². The Balaban J connectivity index is 1.67. The standard InChI is InChI=1S/C24H24BrN3O5S2/c1-26(2)34(30,31)22-12-13-23-18(16-22)14-15-27(23)24(29)17-28(20-10-8-19(25)9-11-20)35(32,33)21-6-4-3-5-7-21/h3-13,16H,14-15,17H2,1-2H3. The molecule has 0 aliphatic carbocycles. The molecule has 0 spiro atoms. The molecule has 0 saturated carbocycles. The first-order valence-electron chi connectivity index (χ1n) is 10.7. The van der Waals surface area contributed by atoms with Gasteiger partial charge >= 0.3 is 0 Å². The van der Waals surface area contributed by atoms with Crippen molar-refractivity contribution in [2.75, 3.05) is 36.4 Å². The van der Waals surface area contributed by atoms with Crippen LogP contribution >= 0.6 is 15.9 Å². The minimum Gasteiger partial charge on any atom is -0.310 e. The zero-order valence-corrected chi connectivity index (χ0v) is 22.3. The van der Waals surface area contributed by atoms with Crippen molar-refractivity contribution in [2.45, 2.75) is 16.2 Å². The molecule has 0 fully saturated rings. The van der Waals surface area contributed by atoms with E-state index in [1.807, 2.05) is 0 Å². The van der Waals surface area contributed by atoms with Gasteiger partial charge in [-0.05, 0) is 66.6 Å². The van der Waals surface area contributed by atoms with Crippen LogP contribution in [-0.2, 0) is 31.3 Å². The maximum atomic E-state index is 13.5. The van der Waals surface area contributed by atoms with E-state index in [-0.39, 0.29) is 9.79 Å². The predicted molar refractivity (Wildman–Crippen MR) is 138 cm³/mol. The third-order valence-electron chi connectivity index (χ3n) is 5.75. The largest absolute Gasteiger partial charge is 0.310 e. The number of rotatable bonds is 7. The number of hydrogen-bond donors (Lipinski definition) is 0. The molecule has 0 radical (unpaired) electrons. The molecular weight excluding hydrogens is 554 g/mol. The maximum Gasteiger partial charge on any atom is 0.264 e. The summed E-state index contributed by atoms with van der Waals surface area (Å²) in [6, 6.07) is 19.3. The van der Waals surface area contributed by atoms with Crippen molar-refractivity contribution < 1.29 is 21.6 Å². The first-order chi connectivity index (χ1) is 16.5. The number of hydrogen-bond acceptors (Lipinski definition) is 5. The molecule has 1 amide bonds. The van der Waals surface area contributed by atoms with Crippen molar-refractivity contribution in [2.24, 2.45) is 0 Å². The average Bonchev–Trinajstić information content (AvgIpc) is 3.27. The van der Waals surface area contributed by atoms with Gasteiger partial charge in [0.05, 0.1) is 15.5 Å². The Morgan fingerprint density at radius 1 is 0.886 bits per heavy atom. The van der Waals surface area contributed by atoms with Crippen LogP contribution in [-0.4, -0.2) is 54.2 Å². The Labute approximate surface area is 214 Å². The summed E-state index contributed by atoms with van der Waals surface area (Å²) in [5.74, 6) is -0.408. The number of carbonyl (C=O) groups excluding carboxylic acids is 1. The first kappa shape index (κ1) is 25.4. The van der Waals surface area contributed by atoms with Crippen LogP contribution in [0.15, 0.2) is 87.1 Å². The number of fused-ring (bicyclic) bond motifs is 1. The van der Waals surface area contributed by atoms with Gasteiger partial charge in [0, 0.05) is 30.8 Å². The zero-order chi connectivity index (χ0) is 25.4. The molecule has 1 aliphatic heterocycles. The molecule has 35 heavy (non-hydrogen) atoms. The lowest BCUT2D eigenvalue weighted by Crippen LogP contribution is -2.42. The molecule has 0 atom stereocenters. The van der Waals surface area contributed by atoms with E-state index in [1.54, 1.807) is 54.6 Å². The van der Waals surface area contributed by atoms with Crippen LogP contribution in [0, 0.1) is 0 Å². The van der Waals surface area contributed by atoms with E-state index in [9.17, 15) is 21.6 Å². The Bertz CT molecular complexity index is 1460.